The molecule has 0 aliphatic heterocycles. The highest BCUT2D eigenvalue weighted by molar-refractivity contribution is 8.00. The first kappa shape index (κ1) is 18.4. The van der Waals surface area contributed by atoms with Gasteiger partial charge in [0, 0.05) is 11.4 Å². The summed E-state index contributed by atoms with van der Waals surface area (Å²) < 4.78 is 5.72. The van der Waals surface area contributed by atoms with Crippen LogP contribution in [-0.4, -0.2) is 23.5 Å². The van der Waals surface area contributed by atoms with Crippen LogP contribution in [0.3, 0.4) is 0 Å². The number of rotatable bonds is 7. The van der Waals surface area contributed by atoms with E-state index in [0.29, 0.717) is 6.61 Å². The summed E-state index contributed by atoms with van der Waals surface area (Å²) in [6.45, 7) is 8.59. The largest absolute Gasteiger partial charge is 0.493 e. The molecule has 0 radical (unpaired) electrons. The quantitative estimate of drug-likeness (QED) is 0.737. The number of anilines is 1. The molecule has 0 spiro atoms. The molecule has 2 aromatic carbocycles. The highest BCUT2D eigenvalue weighted by Gasteiger charge is 2.14. The molecule has 0 saturated carbocycles. The molecule has 1 N–H and O–H groups in total. The summed E-state index contributed by atoms with van der Waals surface area (Å²) in [7, 11) is 0. The Labute approximate surface area is 148 Å². The molecule has 4 heteroatoms. The van der Waals surface area contributed by atoms with E-state index in [1.807, 2.05) is 70.2 Å². The maximum atomic E-state index is 12.3. The highest BCUT2D eigenvalue weighted by Crippen LogP contribution is 2.19. The summed E-state index contributed by atoms with van der Waals surface area (Å²) in [4.78, 5) is 12.3. The number of carbonyl (C=O) groups excluding carboxylic acids is 1. The molecule has 0 fully saturated rings. The maximum Gasteiger partial charge on any atom is 0.237 e. The molecule has 2 aromatic rings. The van der Waals surface area contributed by atoms with Crippen molar-refractivity contribution in [3.05, 3.63) is 59.2 Å². The molecule has 1 atom stereocenters. The summed E-state index contributed by atoms with van der Waals surface area (Å²) in [6.07, 6.45) is 0. The summed E-state index contributed by atoms with van der Waals surface area (Å²) >= 11 is 1.60. The van der Waals surface area contributed by atoms with E-state index in [4.69, 9.17) is 4.74 Å². The van der Waals surface area contributed by atoms with Gasteiger partial charge in [-0.05, 0) is 62.6 Å². The van der Waals surface area contributed by atoms with Crippen LogP contribution in [0.15, 0.2) is 42.5 Å². The zero-order valence-corrected chi connectivity index (χ0v) is 15.6. The number of nitrogens with one attached hydrogen (secondary N) is 1. The summed E-state index contributed by atoms with van der Waals surface area (Å²) in [6, 6.07) is 14.1. The van der Waals surface area contributed by atoms with Gasteiger partial charge in [-0.3, -0.25) is 4.79 Å². The van der Waals surface area contributed by atoms with Crippen molar-refractivity contribution >= 4 is 23.4 Å². The van der Waals surface area contributed by atoms with Crippen molar-refractivity contribution < 1.29 is 9.53 Å². The van der Waals surface area contributed by atoms with Crippen LogP contribution >= 0.6 is 11.8 Å². The molecule has 0 heterocycles. The number of carbonyl (C=O) groups is 1. The average molecular weight is 343 g/mol. The van der Waals surface area contributed by atoms with E-state index in [-0.39, 0.29) is 11.2 Å². The standard InChI is InChI=1S/C20H25NO2S/c1-14-6-5-7-18(12-14)23-10-11-24-17(4)20(22)21-19-13-15(2)8-9-16(19)3/h5-9,12-13,17H,10-11H2,1-4H3,(H,21,22)/t17-/m0/s1. The Kier molecular flexibility index (Phi) is 6.73. The lowest BCUT2D eigenvalue weighted by molar-refractivity contribution is -0.115. The van der Waals surface area contributed by atoms with E-state index < -0.39 is 0 Å². The van der Waals surface area contributed by atoms with Gasteiger partial charge in [0.15, 0.2) is 0 Å². The minimum Gasteiger partial charge on any atom is -0.493 e. The van der Waals surface area contributed by atoms with Gasteiger partial charge in [-0.2, -0.15) is 0 Å². The summed E-state index contributed by atoms with van der Waals surface area (Å²) in [5, 5.41) is 2.90. The van der Waals surface area contributed by atoms with Gasteiger partial charge in [0.05, 0.1) is 11.9 Å². The number of benzene rings is 2. The first-order valence-corrected chi connectivity index (χ1v) is 9.20. The van der Waals surface area contributed by atoms with Gasteiger partial charge >= 0.3 is 0 Å². The monoisotopic (exact) mass is 343 g/mol. The fourth-order valence-corrected chi connectivity index (χ4v) is 3.01. The lowest BCUT2D eigenvalue weighted by atomic mass is 10.1. The van der Waals surface area contributed by atoms with Crippen molar-refractivity contribution in [1.29, 1.82) is 0 Å². The van der Waals surface area contributed by atoms with E-state index in [0.717, 1.165) is 28.3 Å². The number of ether oxygens (including phenoxy) is 1. The lowest BCUT2D eigenvalue weighted by Gasteiger charge is -2.14. The molecular weight excluding hydrogens is 318 g/mol. The van der Waals surface area contributed by atoms with Crippen LogP contribution < -0.4 is 10.1 Å². The number of hydrogen-bond acceptors (Lipinski definition) is 3. The van der Waals surface area contributed by atoms with Crippen LogP contribution in [0.2, 0.25) is 0 Å². The zero-order chi connectivity index (χ0) is 17.5. The van der Waals surface area contributed by atoms with Gasteiger partial charge in [0.2, 0.25) is 5.91 Å². The van der Waals surface area contributed by atoms with Crippen LogP contribution in [-0.2, 0) is 4.79 Å². The number of amides is 1. The molecule has 0 bridgehead atoms. The van der Waals surface area contributed by atoms with Gasteiger partial charge in [0.25, 0.3) is 0 Å². The van der Waals surface area contributed by atoms with Crippen molar-refractivity contribution in [3.8, 4) is 5.75 Å². The lowest BCUT2D eigenvalue weighted by Crippen LogP contribution is -2.23. The molecule has 24 heavy (non-hydrogen) atoms. The summed E-state index contributed by atoms with van der Waals surface area (Å²) in [5.74, 6) is 1.68. The molecule has 128 valence electrons. The minimum absolute atomic E-state index is 0.0317. The van der Waals surface area contributed by atoms with Crippen molar-refractivity contribution in [1.82, 2.24) is 0 Å². The smallest absolute Gasteiger partial charge is 0.237 e. The SMILES string of the molecule is Cc1cccc(OCCS[C@@H](C)C(=O)Nc2cc(C)ccc2C)c1. The van der Waals surface area contributed by atoms with Crippen LogP contribution in [0.25, 0.3) is 0 Å². The number of aryl methyl sites for hydroxylation is 3. The molecule has 3 nitrogen and oxygen atoms in total. The van der Waals surface area contributed by atoms with Crippen molar-refractivity contribution in [2.45, 2.75) is 32.9 Å². The van der Waals surface area contributed by atoms with Gasteiger partial charge < -0.3 is 10.1 Å². The van der Waals surface area contributed by atoms with Crippen LogP contribution in [0, 0.1) is 20.8 Å². The normalized spacial score (nSPS) is 11.8. The van der Waals surface area contributed by atoms with Gasteiger partial charge in [-0.1, -0.05) is 24.3 Å². The van der Waals surface area contributed by atoms with Crippen LogP contribution in [0.4, 0.5) is 5.69 Å². The fourth-order valence-electron chi connectivity index (χ4n) is 2.27. The molecule has 0 aliphatic carbocycles. The van der Waals surface area contributed by atoms with Crippen LogP contribution in [0.1, 0.15) is 23.6 Å². The van der Waals surface area contributed by atoms with Crippen LogP contribution in [0.5, 0.6) is 5.75 Å². The third-order valence-electron chi connectivity index (χ3n) is 3.73. The van der Waals surface area contributed by atoms with E-state index >= 15 is 0 Å². The van der Waals surface area contributed by atoms with E-state index in [1.54, 1.807) is 11.8 Å². The fraction of sp³-hybridized carbons (Fsp3) is 0.350. The topological polar surface area (TPSA) is 38.3 Å². The second kappa shape index (κ2) is 8.78. The van der Waals surface area contributed by atoms with Gasteiger partial charge in [0.1, 0.15) is 5.75 Å². The first-order chi connectivity index (χ1) is 11.5. The zero-order valence-electron chi connectivity index (χ0n) is 14.8. The molecule has 0 saturated heterocycles. The van der Waals surface area contributed by atoms with Gasteiger partial charge in [-0.25, -0.2) is 0 Å². The third-order valence-corrected chi connectivity index (χ3v) is 4.85. The Balaban J connectivity index is 1.76. The predicted molar refractivity (Wildman–Crippen MR) is 103 cm³/mol. The van der Waals surface area contributed by atoms with Crippen molar-refractivity contribution in [2.75, 3.05) is 17.7 Å². The maximum absolute atomic E-state index is 12.3. The Hall–Kier alpha value is -1.94. The highest BCUT2D eigenvalue weighted by atomic mass is 32.2. The Morgan fingerprint density at radius 2 is 1.88 bits per heavy atom. The molecular formula is C20H25NO2S. The minimum atomic E-state index is -0.119. The third kappa shape index (κ3) is 5.60. The Morgan fingerprint density at radius 3 is 2.62 bits per heavy atom. The summed E-state index contributed by atoms with van der Waals surface area (Å²) in [5.41, 5.74) is 4.29. The molecule has 0 aromatic heterocycles. The van der Waals surface area contributed by atoms with E-state index in [9.17, 15) is 4.79 Å². The predicted octanol–water partition coefficient (Wildman–Crippen LogP) is 4.75. The Morgan fingerprint density at radius 1 is 1.12 bits per heavy atom. The first-order valence-electron chi connectivity index (χ1n) is 8.15. The van der Waals surface area contributed by atoms with Crippen molar-refractivity contribution in [2.24, 2.45) is 0 Å². The second-order valence-corrected chi connectivity index (χ2v) is 7.43. The van der Waals surface area contributed by atoms with E-state index in [2.05, 4.69) is 5.32 Å². The molecule has 2 rings (SSSR count). The molecule has 0 aliphatic rings. The van der Waals surface area contributed by atoms with Gasteiger partial charge in [-0.15, -0.1) is 11.8 Å². The number of hydrogen-bond donors (Lipinski definition) is 1. The molecule has 0 unspecified atom stereocenters. The number of thioether (sulfide) groups is 1. The van der Waals surface area contributed by atoms with Crippen molar-refractivity contribution in [3.63, 3.8) is 0 Å². The van der Waals surface area contributed by atoms with E-state index in [1.165, 1.54) is 5.56 Å². The second-order valence-electron chi connectivity index (χ2n) is 5.99. The molecule has 1 amide bonds. The average Bonchev–Trinajstić information content (AvgIpc) is 2.55. The Bertz CT molecular complexity index is 700.